The van der Waals surface area contributed by atoms with Gasteiger partial charge in [-0.2, -0.15) is 0 Å². The predicted octanol–water partition coefficient (Wildman–Crippen LogP) is 5.01. The molecule has 0 saturated carbocycles. The van der Waals surface area contributed by atoms with Crippen molar-refractivity contribution in [1.82, 2.24) is 9.88 Å². The van der Waals surface area contributed by atoms with Crippen LogP contribution < -0.4 is 5.32 Å². The second-order valence-electron chi connectivity index (χ2n) is 7.35. The van der Waals surface area contributed by atoms with Crippen LogP contribution in [0.4, 0.5) is 5.69 Å². The molecule has 4 heteroatoms. The molecule has 1 amide bonds. The fourth-order valence-corrected chi connectivity index (χ4v) is 3.29. The molecule has 0 atom stereocenters. The van der Waals surface area contributed by atoms with Crippen molar-refractivity contribution in [3.63, 3.8) is 0 Å². The van der Waals surface area contributed by atoms with E-state index in [2.05, 4.69) is 61.4 Å². The van der Waals surface area contributed by atoms with Gasteiger partial charge in [-0.1, -0.05) is 26.0 Å². The van der Waals surface area contributed by atoms with Crippen molar-refractivity contribution in [3.8, 4) is 11.1 Å². The number of rotatable bonds is 4. The van der Waals surface area contributed by atoms with Crippen LogP contribution in [-0.4, -0.2) is 36.9 Å². The van der Waals surface area contributed by atoms with Crippen molar-refractivity contribution >= 4 is 22.5 Å². The topological polar surface area (TPSA) is 48.1 Å². The average molecular weight is 349 g/mol. The van der Waals surface area contributed by atoms with Gasteiger partial charge in [0.2, 0.25) is 0 Å². The molecule has 1 aromatic heterocycles. The predicted molar refractivity (Wildman–Crippen MR) is 110 cm³/mol. The zero-order valence-corrected chi connectivity index (χ0v) is 16.4. The Balaban J connectivity index is 2.27. The lowest BCUT2D eigenvalue weighted by Crippen LogP contribution is -2.21. The van der Waals surface area contributed by atoms with Crippen molar-refractivity contribution in [3.05, 3.63) is 53.2 Å². The van der Waals surface area contributed by atoms with Crippen molar-refractivity contribution in [1.29, 1.82) is 0 Å². The Morgan fingerprint density at radius 1 is 1.08 bits per heavy atom. The Morgan fingerprint density at radius 2 is 1.81 bits per heavy atom. The standard InChI is InChI=1S/C22H27N3O/c1-13(2)15-10-18(17-8-7-16(23-4)9-14(17)3)19-12-21(22(26)25(5)6)24-20(19)11-15/h7-13,23-24H,1-6H3. The molecule has 0 radical (unpaired) electrons. The number of amides is 1. The molecule has 0 aliphatic rings. The molecule has 0 spiro atoms. The summed E-state index contributed by atoms with van der Waals surface area (Å²) in [6.45, 7) is 6.51. The van der Waals surface area contributed by atoms with E-state index in [1.54, 1.807) is 19.0 Å². The van der Waals surface area contributed by atoms with Crippen LogP contribution in [0.5, 0.6) is 0 Å². The molecule has 1 heterocycles. The van der Waals surface area contributed by atoms with E-state index in [1.165, 1.54) is 22.3 Å². The number of carbonyl (C=O) groups excluding carboxylic acids is 1. The molecule has 0 aliphatic heterocycles. The molecule has 3 rings (SSSR count). The number of hydrogen-bond acceptors (Lipinski definition) is 2. The van der Waals surface area contributed by atoms with Gasteiger partial charge in [0.15, 0.2) is 0 Å². The summed E-state index contributed by atoms with van der Waals surface area (Å²) < 4.78 is 0. The van der Waals surface area contributed by atoms with E-state index in [0.717, 1.165) is 16.6 Å². The van der Waals surface area contributed by atoms with E-state index < -0.39 is 0 Å². The van der Waals surface area contributed by atoms with Gasteiger partial charge in [-0.05, 0) is 59.4 Å². The second kappa shape index (κ2) is 6.87. The Kier molecular flexibility index (Phi) is 4.77. The van der Waals surface area contributed by atoms with Gasteiger partial charge in [-0.25, -0.2) is 0 Å². The number of aromatic nitrogens is 1. The van der Waals surface area contributed by atoms with Gasteiger partial charge in [-0.15, -0.1) is 0 Å². The molecule has 0 bridgehead atoms. The summed E-state index contributed by atoms with van der Waals surface area (Å²) in [4.78, 5) is 17.3. The molecule has 0 fully saturated rings. The number of H-pyrrole nitrogens is 1. The zero-order valence-electron chi connectivity index (χ0n) is 16.4. The fourth-order valence-electron chi connectivity index (χ4n) is 3.29. The van der Waals surface area contributed by atoms with Crippen LogP contribution >= 0.6 is 0 Å². The number of aryl methyl sites for hydroxylation is 1. The molecule has 3 aromatic rings. The third-order valence-electron chi connectivity index (χ3n) is 4.87. The van der Waals surface area contributed by atoms with Crippen LogP contribution in [0.25, 0.3) is 22.0 Å². The Morgan fingerprint density at radius 3 is 2.38 bits per heavy atom. The number of carbonyl (C=O) groups is 1. The first-order valence-corrected chi connectivity index (χ1v) is 8.99. The largest absolute Gasteiger partial charge is 0.388 e. The number of nitrogens with zero attached hydrogens (tertiary/aromatic N) is 1. The first-order chi connectivity index (χ1) is 12.3. The lowest BCUT2D eigenvalue weighted by Gasteiger charge is -2.13. The maximum Gasteiger partial charge on any atom is 0.269 e. The molecule has 0 saturated heterocycles. The summed E-state index contributed by atoms with van der Waals surface area (Å²) >= 11 is 0. The van der Waals surface area contributed by atoms with Gasteiger partial charge in [-0.3, -0.25) is 4.79 Å². The van der Waals surface area contributed by atoms with Gasteiger partial charge < -0.3 is 15.2 Å². The lowest BCUT2D eigenvalue weighted by atomic mass is 9.92. The van der Waals surface area contributed by atoms with E-state index >= 15 is 0 Å². The van der Waals surface area contributed by atoms with Gasteiger partial charge >= 0.3 is 0 Å². The SMILES string of the molecule is CNc1ccc(-c2cc(C(C)C)cc3[nH]c(C(=O)N(C)C)cc23)c(C)c1. The molecule has 136 valence electrons. The highest BCUT2D eigenvalue weighted by Gasteiger charge is 2.17. The van der Waals surface area contributed by atoms with Crippen LogP contribution in [0, 0.1) is 6.92 Å². The number of benzene rings is 2. The van der Waals surface area contributed by atoms with E-state index in [0.29, 0.717) is 11.6 Å². The molecule has 4 nitrogen and oxygen atoms in total. The van der Waals surface area contributed by atoms with Crippen molar-refractivity contribution in [2.75, 3.05) is 26.5 Å². The molecule has 0 unspecified atom stereocenters. The first-order valence-electron chi connectivity index (χ1n) is 8.99. The number of fused-ring (bicyclic) bond motifs is 1. The number of hydrogen-bond donors (Lipinski definition) is 2. The zero-order chi connectivity index (χ0) is 19.0. The van der Waals surface area contributed by atoms with Crippen LogP contribution in [-0.2, 0) is 0 Å². The molecular weight excluding hydrogens is 322 g/mol. The Bertz CT molecular complexity index is 967. The minimum atomic E-state index is -0.0134. The summed E-state index contributed by atoms with van der Waals surface area (Å²) in [6, 6.07) is 12.8. The fraction of sp³-hybridized carbons (Fsp3) is 0.318. The summed E-state index contributed by atoms with van der Waals surface area (Å²) in [5.74, 6) is 0.395. The summed E-state index contributed by atoms with van der Waals surface area (Å²) in [5, 5.41) is 4.27. The monoisotopic (exact) mass is 349 g/mol. The first kappa shape index (κ1) is 18.1. The van der Waals surface area contributed by atoms with Crippen molar-refractivity contribution in [2.45, 2.75) is 26.7 Å². The third kappa shape index (κ3) is 3.19. The summed E-state index contributed by atoms with van der Waals surface area (Å²) in [7, 11) is 5.47. The summed E-state index contributed by atoms with van der Waals surface area (Å²) in [6.07, 6.45) is 0. The van der Waals surface area contributed by atoms with Gasteiger partial charge in [0.25, 0.3) is 5.91 Å². The normalized spacial score (nSPS) is 11.2. The highest BCUT2D eigenvalue weighted by Crippen LogP contribution is 2.35. The molecular formula is C22H27N3O. The minimum Gasteiger partial charge on any atom is -0.388 e. The molecule has 0 aliphatic carbocycles. The van der Waals surface area contributed by atoms with E-state index in [9.17, 15) is 4.79 Å². The van der Waals surface area contributed by atoms with Crippen LogP contribution in [0.2, 0.25) is 0 Å². The second-order valence-corrected chi connectivity index (χ2v) is 7.35. The highest BCUT2D eigenvalue weighted by atomic mass is 16.2. The maximum atomic E-state index is 12.4. The smallest absolute Gasteiger partial charge is 0.269 e. The van der Waals surface area contributed by atoms with Crippen LogP contribution in [0.3, 0.4) is 0 Å². The quantitative estimate of drug-likeness (QED) is 0.695. The highest BCUT2D eigenvalue weighted by molar-refractivity contribution is 6.03. The molecule has 26 heavy (non-hydrogen) atoms. The van der Waals surface area contributed by atoms with Crippen molar-refractivity contribution in [2.24, 2.45) is 0 Å². The number of aromatic amines is 1. The van der Waals surface area contributed by atoms with E-state index in [4.69, 9.17) is 0 Å². The van der Waals surface area contributed by atoms with Crippen molar-refractivity contribution < 1.29 is 4.79 Å². The number of nitrogens with one attached hydrogen (secondary N) is 2. The van der Waals surface area contributed by atoms with E-state index in [-0.39, 0.29) is 5.91 Å². The Labute approximate surface area is 155 Å². The third-order valence-corrected chi connectivity index (χ3v) is 4.87. The minimum absolute atomic E-state index is 0.0134. The molecule has 2 N–H and O–H groups in total. The maximum absolute atomic E-state index is 12.4. The summed E-state index contributed by atoms with van der Waals surface area (Å²) in [5.41, 5.74) is 7.56. The Hall–Kier alpha value is -2.75. The lowest BCUT2D eigenvalue weighted by molar-refractivity contribution is 0.0823. The van der Waals surface area contributed by atoms with Crippen LogP contribution in [0.1, 0.15) is 41.4 Å². The molecule has 2 aromatic carbocycles. The van der Waals surface area contributed by atoms with Gasteiger partial charge in [0.1, 0.15) is 5.69 Å². The van der Waals surface area contributed by atoms with E-state index in [1.807, 2.05) is 13.1 Å². The van der Waals surface area contributed by atoms with Crippen LogP contribution in [0.15, 0.2) is 36.4 Å². The van der Waals surface area contributed by atoms with Gasteiger partial charge in [0.05, 0.1) is 0 Å². The number of anilines is 1. The average Bonchev–Trinajstić information content (AvgIpc) is 3.04. The van der Waals surface area contributed by atoms with Gasteiger partial charge in [0, 0.05) is 37.7 Å².